The largest absolute Gasteiger partial charge is 0.492 e. The predicted molar refractivity (Wildman–Crippen MR) is 54.1 cm³/mol. The van der Waals surface area contributed by atoms with Crippen molar-refractivity contribution in [1.29, 1.82) is 0 Å². The molecular weight excluding hydrogens is 180 g/mol. The zero-order chi connectivity index (χ0) is 10.7. The van der Waals surface area contributed by atoms with Crippen LogP contribution in [0.15, 0.2) is 6.20 Å². The normalized spacial score (nSPS) is 13.5. The number of nitrogens with zero attached hydrogens (tertiary/aromatic N) is 2. The Hall–Kier alpha value is -1.03. The van der Waals surface area contributed by atoms with Gasteiger partial charge in [0.1, 0.15) is 11.9 Å². The molecule has 1 heterocycles. The molecule has 0 fully saturated rings. The van der Waals surface area contributed by atoms with Gasteiger partial charge in [0.2, 0.25) is 5.88 Å². The van der Waals surface area contributed by atoms with E-state index in [2.05, 4.69) is 18.8 Å². The minimum Gasteiger partial charge on any atom is -0.492 e. The first-order chi connectivity index (χ1) is 6.56. The number of ether oxygens (including phenoxy) is 1. The minimum absolute atomic E-state index is 0.0489. The lowest BCUT2D eigenvalue weighted by Gasteiger charge is -2.19. The van der Waals surface area contributed by atoms with Gasteiger partial charge in [0.15, 0.2) is 0 Å². The Morgan fingerprint density at radius 1 is 1.57 bits per heavy atom. The molecule has 0 saturated carbocycles. The van der Waals surface area contributed by atoms with E-state index in [9.17, 15) is 5.11 Å². The standard InChI is InChI=1S/C10H18N2O2/c1-5-14-9(7(2)3)10-11-8(13)6-12(10)4/h6-7,9,13H,5H2,1-4H3. The fourth-order valence-electron chi connectivity index (χ4n) is 1.47. The second kappa shape index (κ2) is 4.46. The zero-order valence-corrected chi connectivity index (χ0v) is 9.19. The molecule has 4 nitrogen and oxygen atoms in total. The Bertz CT molecular complexity index is 294. The summed E-state index contributed by atoms with van der Waals surface area (Å²) in [7, 11) is 1.86. The smallest absolute Gasteiger partial charge is 0.229 e. The van der Waals surface area contributed by atoms with Crippen LogP contribution in [-0.2, 0) is 11.8 Å². The Balaban J connectivity index is 2.92. The van der Waals surface area contributed by atoms with Gasteiger partial charge >= 0.3 is 0 Å². The lowest BCUT2D eigenvalue weighted by molar-refractivity contribution is 0.0213. The second-order valence-electron chi connectivity index (χ2n) is 3.69. The van der Waals surface area contributed by atoms with Crippen LogP contribution in [0.4, 0.5) is 0 Å². The number of aromatic hydroxyl groups is 1. The number of imidazole rings is 1. The summed E-state index contributed by atoms with van der Waals surface area (Å²) in [6, 6.07) is 0. The van der Waals surface area contributed by atoms with Crippen molar-refractivity contribution in [3.8, 4) is 5.88 Å². The predicted octanol–water partition coefficient (Wildman–Crippen LogP) is 1.86. The Morgan fingerprint density at radius 3 is 2.57 bits per heavy atom. The fraction of sp³-hybridized carbons (Fsp3) is 0.700. The zero-order valence-electron chi connectivity index (χ0n) is 9.19. The van der Waals surface area contributed by atoms with Crippen molar-refractivity contribution < 1.29 is 9.84 Å². The molecular formula is C10H18N2O2. The van der Waals surface area contributed by atoms with Gasteiger partial charge < -0.3 is 14.4 Å². The van der Waals surface area contributed by atoms with E-state index in [4.69, 9.17) is 4.74 Å². The summed E-state index contributed by atoms with van der Waals surface area (Å²) in [5.41, 5.74) is 0. The first-order valence-corrected chi connectivity index (χ1v) is 4.90. The van der Waals surface area contributed by atoms with E-state index in [-0.39, 0.29) is 12.0 Å². The highest BCUT2D eigenvalue weighted by atomic mass is 16.5. The molecule has 1 unspecified atom stereocenters. The first kappa shape index (κ1) is 11.0. The molecule has 0 aliphatic heterocycles. The molecule has 1 aromatic heterocycles. The van der Waals surface area contributed by atoms with E-state index >= 15 is 0 Å². The van der Waals surface area contributed by atoms with E-state index in [0.29, 0.717) is 12.5 Å². The monoisotopic (exact) mass is 198 g/mol. The molecule has 14 heavy (non-hydrogen) atoms. The van der Waals surface area contributed by atoms with Gasteiger partial charge in [-0.2, -0.15) is 4.98 Å². The van der Waals surface area contributed by atoms with E-state index in [1.807, 2.05) is 14.0 Å². The van der Waals surface area contributed by atoms with Crippen molar-refractivity contribution in [2.75, 3.05) is 6.61 Å². The molecule has 0 spiro atoms. The molecule has 1 N–H and O–H groups in total. The third-order valence-electron chi connectivity index (χ3n) is 2.11. The summed E-state index contributed by atoms with van der Waals surface area (Å²) in [6.45, 7) is 6.76. The third kappa shape index (κ3) is 2.26. The molecule has 4 heteroatoms. The summed E-state index contributed by atoms with van der Waals surface area (Å²) >= 11 is 0. The van der Waals surface area contributed by atoms with Crippen molar-refractivity contribution in [1.82, 2.24) is 9.55 Å². The van der Waals surface area contributed by atoms with E-state index in [1.54, 1.807) is 10.8 Å². The van der Waals surface area contributed by atoms with Gasteiger partial charge in [-0.3, -0.25) is 0 Å². The van der Waals surface area contributed by atoms with Gasteiger partial charge in [0, 0.05) is 13.7 Å². The molecule has 1 aromatic rings. The summed E-state index contributed by atoms with van der Waals surface area (Å²) in [5, 5.41) is 9.25. The lowest BCUT2D eigenvalue weighted by atomic mass is 10.1. The van der Waals surface area contributed by atoms with Crippen LogP contribution in [-0.4, -0.2) is 21.3 Å². The van der Waals surface area contributed by atoms with Gasteiger partial charge in [0.25, 0.3) is 0 Å². The molecule has 1 atom stereocenters. The number of aromatic nitrogens is 2. The highest BCUT2D eigenvalue weighted by Crippen LogP contribution is 2.25. The summed E-state index contributed by atoms with van der Waals surface area (Å²) < 4.78 is 7.39. The average Bonchev–Trinajstić information content (AvgIpc) is 2.40. The Kier molecular flexibility index (Phi) is 3.52. The number of hydrogen-bond donors (Lipinski definition) is 1. The maximum atomic E-state index is 9.25. The van der Waals surface area contributed by atoms with Crippen LogP contribution >= 0.6 is 0 Å². The maximum absolute atomic E-state index is 9.25. The van der Waals surface area contributed by atoms with Crippen LogP contribution in [0.2, 0.25) is 0 Å². The van der Waals surface area contributed by atoms with Crippen molar-refractivity contribution in [3.05, 3.63) is 12.0 Å². The highest BCUT2D eigenvalue weighted by molar-refractivity contribution is 5.10. The first-order valence-electron chi connectivity index (χ1n) is 4.90. The summed E-state index contributed by atoms with van der Waals surface area (Å²) in [5.74, 6) is 1.17. The maximum Gasteiger partial charge on any atom is 0.229 e. The third-order valence-corrected chi connectivity index (χ3v) is 2.11. The highest BCUT2D eigenvalue weighted by Gasteiger charge is 2.21. The minimum atomic E-state index is -0.0501. The number of rotatable bonds is 4. The van der Waals surface area contributed by atoms with Crippen LogP contribution in [0.5, 0.6) is 5.88 Å². The number of aryl methyl sites for hydroxylation is 1. The molecule has 0 radical (unpaired) electrons. The Labute approximate surface area is 84.5 Å². The molecule has 0 aromatic carbocycles. The van der Waals surface area contributed by atoms with Crippen molar-refractivity contribution in [2.24, 2.45) is 13.0 Å². The van der Waals surface area contributed by atoms with Gasteiger partial charge in [-0.1, -0.05) is 13.8 Å². The SMILES string of the molecule is CCOC(c1nc(O)cn1C)C(C)C. The molecule has 0 amide bonds. The molecule has 0 aliphatic rings. The van der Waals surface area contributed by atoms with Crippen LogP contribution in [0.1, 0.15) is 32.7 Å². The number of hydrogen-bond acceptors (Lipinski definition) is 3. The Morgan fingerprint density at radius 2 is 2.21 bits per heavy atom. The quantitative estimate of drug-likeness (QED) is 0.803. The van der Waals surface area contributed by atoms with Crippen molar-refractivity contribution in [3.63, 3.8) is 0 Å². The van der Waals surface area contributed by atoms with Crippen LogP contribution in [0.3, 0.4) is 0 Å². The van der Waals surface area contributed by atoms with Gasteiger partial charge in [0.05, 0.1) is 6.20 Å². The summed E-state index contributed by atoms with van der Waals surface area (Å²) in [4.78, 5) is 4.04. The van der Waals surface area contributed by atoms with Gasteiger partial charge in [-0.25, -0.2) is 0 Å². The average molecular weight is 198 g/mol. The van der Waals surface area contributed by atoms with Crippen LogP contribution < -0.4 is 0 Å². The molecule has 0 saturated heterocycles. The van der Waals surface area contributed by atoms with E-state index in [0.717, 1.165) is 5.82 Å². The molecule has 1 rings (SSSR count). The van der Waals surface area contributed by atoms with Crippen molar-refractivity contribution in [2.45, 2.75) is 26.9 Å². The second-order valence-corrected chi connectivity index (χ2v) is 3.69. The molecule has 0 bridgehead atoms. The molecule has 80 valence electrons. The molecule has 0 aliphatic carbocycles. The van der Waals surface area contributed by atoms with E-state index < -0.39 is 0 Å². The van der Waals surface area contributed by atoms with Crippen LogP contribution in [0.25, 0.3) is 0 Å². The summed E-state index contributed by atoms with van der Waals surface area (Å²) in [6.07, 6.45) is 1.54. The fourth-order valence-corrected chi connectivity index (χ4v) is 1.47. The van der Waals surface area contributed by atoms with Crippen LogP contribution in [0, 0.1) is 5.92 Å². The van der Waals surface area contributed by atoms with E-state index in [1.165, 1.54) is 0 Å². The van der Waals surface area contributed by atoms with Crippen molar-refractivity contribution >= 4 is 0 Å². The topological polar surface area (TPSA) is 47.3 Å². The lowest BCUT2D eigenvalue weighted by Crippen LogP contribution is -2.15. The van der Waals surface area contributed by atoms with Gasteiger partial charge in [-0.15, -0.1) is 0 Å². The van der Waals surface area contributed by atoms with Gasteiger partial charge in [-0.05, 0) is 12.8 Å².